The Bertz CT molecular complexity index is 1250. The van der Waals surface area contributed by atoms with Crippen LogP contribution in [-0.4, -0.2) is 83.7 Å². The molecule has 3 heterocycles. The minimum atomic E-state index is -0.269. The van der Waals surface area contributed by atoms with Crippen LogP contribution in [0, 0.1) is 5.92 Å². The Balaban J connectivity index is 1.32. The molecule has 2 saturated carbocycles. The lowest BCUT2D eigenvalue weighted by Crippen LogP contribution is -2.82. The van der Waals surface area contributed by atoms with E-state index >= 15 is 0 Å². The van der Waals surface area contributed by atoms with Crippen molar-refractivity contribution in [2.75, 3.05) is 34.2 Å². The van der Waals surface area contributed by atoms with Gasteiger partial charge in [0.2, 0.25) is 5.91 Å². The molecule has 1 aromatic carbocycles. The van der Waals surface area contributed by atoms with Crippen LogP contribution in [0.2, 0.25) is 0 Å². The molecule has 2 aliphatic heterocycles. The summed E-state index contributed by atoms with van der Waals surface area (Å²) in [5.41, 5.74) is 3.02. The Labute approximate surface area is 218 Å². The van der Waals surface area contributed by atoms with Crippen LogP contribution >= 0.6 is 0 Å². The lowest BCUT2D eigenvalue weighted by molar-refractivity contribution is -0.160. The summed E-state index contributed by atoms with van der Waals surface area (Å²) in [5, 5.41) is 11.0. The summed E-state index contributed by atoms with van der Waals surface area (Å²) in [6, 6.07) is 6.09. The van der Waals surface area contributed by atoms with Gasteiger partial charge in [0.15, 0.2) is 11.5 Å². The fourth-order valence-corrected chi connectivity index (χ4v) is 8.59. The quantitative estimate of drug-likeness (QED) is 0.607. The first-order chi connectivity index (χ1) is 17.9. The number of carbonyl (C=O) groups excluding carboxylic acids is 1. The molecule has 3 fully saturated rings. The molecule has 5 aliphatic rings. The largest absolute Gasteiger partial charge is 0.504 e. The van der Waals surface area contributed by atoms with Gasteiger partial charge in [0.1, 0.15) is 6.10 Å². The van der Waals surface area contributed by atoms with E-state index in [9.17, 15) is 9.90 Å². The number of nitrogens with zero attached hydrogens (tertiary/aromatic N) is 3. The Kier molecular flexibility index (Phi) is 5.12. The molecule has 5 atom stereocenters. The molecular weight excluding hydrogens is 466 g/mol. The van der Waals surface area contributed by atoms with Gasteiger partial charge in [-0.1, -0.05) is 6.07 Å². The van der Waals surface area contributed by atoms with E-state index < -0.39 is 0 Å². The maximum absolute atomic E-state index is 13.4. The molecule has 1 spiro atoms. The fraction of sp³-hybridized carbons (Fsp3) is 0.567. The summed E-state index contributed by atoms with van der Waals surface area (Å²) in [6.07, 6.45) is 13.0. The number of piperidine rings is 1. The number of phenolic OH excluding ortho intramolecular Hbond substituents is 1. The van der Waals surface area contributed by atoms with Gasteiger partial charge in [0.25, 0.3) is 0 Å². The van der Waals surface area contributed by atoms with Crippen molar-refractivity contribution in [3.63, 3.8) is 0 Å². The van der Waals surface area contributed by atoms with Crippen molar-refractivity contribution in [3.05, 3.63) is 53.5 Å². The van der Waals surface area contributed by atoms with Crippen LogP contribution in [0.1, 0.15) is 48.8 Å². The first-order valence-corrected chi connectivity index (χ1v) is 13.8. The van der Waals surface area contributed by atoms with Crippen LogP contribution in [0.4, 0.5) is 0 Å². The van der Waals surface area contributed by atoms with Crippen LogP contribution in [0.25, 0.3) is 6.08 Å². The summed E-state index contributed by atoms with van der Waals surface area (Å²) in [7, 11) is 6.38. The van der Waals surface area contributed by atoms with Crippen LogP contribution in [0.5, 0.6) is 11.5 Å². The van der Waals surface area contributed by atoms with E-state index in [2.05, 4.69) is 30.0 Å². The van der Waals surface area contributed by atoms with Crippen molar-refractivity contribution in [2.45, 2.75) is 67.7 Å². The third-order valence-corrected chi connectivity index (χ3v) is 10.3. The second kappa shape index (κ2) is 8.11. The van der Waals surface area contributed by atoms with Crippen LogP contribution < -0.4 is 4.74 Å². The molecule has 0 unspecified atom stereocenters. The number of hydrogen-bond donors (Lipinski definition) is 1. The summed E-state index contributed by atoms with van der Waals surface area (Å²) in [5.74, 6) is 1.68. The highest BCUT2D eigenvalue weighted by molar-refractivity contribution is 5.92. The Morgan fingerprint density at radius 2 is 2.03 bits per heavy atom. The van der Waals surface area contributed by atoms with Gasteiger partial charge in [0.05, 0.1) is 24.0 Å². The second-order valence-electron chi connectivity index (χ2n) is 12.1. The monoisotopic (exact) mass is 503 g/mol. The van der Waals surface area contributed by atoms with E-state index in [-0.39, 0.29) is 34.8 Å². The number of benzene rings is 1. The van der Waals surface area contributed by atoms with Gasteiger partial charge in [-0.3, -0.25) is 9.69 Å². The average Bonchev–Trinajstić information content (AvgIpc) is 3.40. The molecule has 196 valence electrons. The molecule has 7 heteroatoms. The van der Waals surface area contributed by atoms with Gasteiger partial charge in [0, 0.05) is 42.4 Å². The number of furan rings is 1. The number of aromatic hydroxyl groups is 1. The smallest absolute Gasteiger partial charge is 0.246 e. The average molecular weight is 504 g/mol. The van der Waals surface area contributed by atoms with E-state index in [1.54, 1.807) is 24.7 Å². The Morgan fingerprint density at radius 1 is 1.19 bits per heavy atom. The molecule has 1 N–H and O–H groups in total. The minimum Gasteiger partial charge on any atom is -0.504 e. The number of rotatable bonds is 6. The molecule has 2 aromatic rings. The molecule has 0 radical (unpaired) electrons. The number of hydrogen-bond acceptors (Lipinski definition) is 6. The maximum atomic E-state index is 13.4. The zero-order valence-corrected chi connectivity index (χ0v) is 22.0. The van der Waals surface area contributed by atoms with Crippen LogP contribution in [-0.2, 0) is 16.6 Å². The van der Waals surface area contributed by atoms with Gasteiger partial charge in [-0.2, -0.15) is 0 Å². The summed E-state index contributed by atoms with van der Waals surface area (Å²) in [4.78, 5) is 20.5. The predicted molar refractivity (Wildman–Crippen MR) is 141 cm³/mol. The van der Waals surface area contributed by atoms with Crippen molar-refractivity contribution in [2.24, 2.45) is 5.92 Å². The van der Waals surface area contributed by atoms with E-state index in [0.29, 0.717) is 11.8 Å². The number of phenols is 1. The van der Waals surface area contributed by atoms with Gasteiger partial charge in [-0.05, 0) is 88.9 Å². The van der Waals surface area contributed by atoms with E-state index in [1.165, 1.54) is 30.5 Å². The number of likely N-dealkylation sites (tertiary alicyclic amines) is 1. The zero-order valence-electron chi connectivity index (χ0n) is 22.0. The SMILES string of the molecule is CN(C(=O)/C=C/c1ccoc1)[C@@H]1CC[C@@]2(N(C)C)[C@H]3Cc4ccc(O)c5c4[C@@]2(CCN3CC2CC2)[C@H]1O5. The maximum Gasteiger partial charge on any atom is 0.246 e. The van der Waals surface area contributed by atoms with E-state index in [4.69, 9.17) is 9.15 Å². The normalized spacial score (nSPS) is 34.0. The van der Waals surface area contributed by atoms with Crippen LogP contribution in [0.15, 0.2) is 41.2 Å². The van der Waals surface area contributed by atoms with Crippen LogP contribution in [0.3, 0.4) is 0 Å². The first-order valence-electron chi connectivity index (χ1n) is 13.8. The lowest BCUT2D eigenvalue weighted by Gasteiger charge is -2.69. The minimum absolute atomic E-state index is 0.0394. The molecule has 7 rings (SSSR count). The van der Waals surface area contributed by atoms with Gasteiger partial charge in [-0.15, -0.1) is 0 Å². The highest BCUT2D eigenvalue weighted by atomic mass is 16.5. The number of likely N-dealkylation sites (N-methyl/N-ethyl adjacent to an activating group) is 2. The van der Waals surface area contributed by atoms with Crippen molar-refractivity contribution < 1.29 is 19.1 Å². The Morgan fingerprint density at radius 3 is 2.76 bits per heavy atom. The fourth-order valence-electron chi connectivity index (χ4n) is 8.59. The molecule has 1 amide bonds. The number of carbonyl (C=O) groups is 1. The molecule has 2 bridgehead atoms. The number of amides is 1. The van der Waals surface area contributed by atoms with Crippen molar-refractivity contribution >= 4 is 12.0 Å². The summed E-state index contributed by atoms with van der Waals surface area (Å²) < 4.78 is 12.0. The number of ether oxygens (including phenoxy) is 1. The molecule has 1 aromatic heterocycles. The van der Waals surface area contributed by atoms with Crippen molar-refractivity contribution in [1.29, 1.82) is 0 Å². The van der Waals surface area contributed by atoms with Gasteiger partial charge < -0.3 is 24.1 Å². The highest BCUT2D eigenvalue weighted by Crippen LogP contribution is 2.67. The van der Waals surface area contributed by atoms with Crippen molar-refractivity contribution in [3.8, 4) is 11.5 Å². The topological polar surface area (TPSA) is 69.4 Å². The lowest BCUT2D eigenvalue weighted by atomic mass is 9.46. The van der Waals surface area contributed by atoms with Gasteiger partial charge >= 0.3 is 0 Å². The van der Waals surface area contributed by atoms with Crippen molar-refractivity contribution in [1.82, 2.24) is 14.7 Å². The first kappa shape index (κ1) is 23.4. The Hall–Kier alpha value is -2.77. The van der Waals surface area contributed by atoms with Gasteiger partial charge in [-0.25, -0.2) is 0 Å². The third kappa shape index (κ3) is 3.10. The third-order valence-electron chi connectivity index (χ3n) is 10.3. The highest BCUT2D eigenvalue weighted by Gasteiger charge is 2.74. The predicted octanol–water partition coefficient (Wildman–Crippen LogP) is 3.66. The standard InChI is InChI=1S/C30H37N3O4/c1-31(2)30-12-10-22(32(3)25(35)9-6-20-11-15-36-18-20)28-29(30)13-14-33(17-19-4-5-19)24(30)16-21-7-8-23(34)27(37-28)26(21)29/h6-9,11,15,18-19,22,24,28,34H,4-5,10,12-14,16-17H2,1-3H3/b9-6+/t22-,24-,28+,29+,30-/m1/s1. The molecule has 3 aliphatic carbocycles. The van der Waals surface area contributed by atoms with E-state index in [1.807, 2.05) is 24.1 Å². The molecule has 37 heavy (non-hydrogen) atoms. The molecule has 1 saturated heterocycles. The molecule has 7 nitrogen and oxygen atoms in total. The summed E-state index contributed by atoms with van der Waals surface area (Å²) >= 11 is 0. The molecular formula is C30H37N3O4. The van der Waals surface area contributed by atoms with E-state index in [0.717, 1.165) is 43.7 Å². The zero-order chi connectivity index (χ0) is 25.5. The second-order valence-corrected chi connectivity index (χ2v) is 12.1. The summed E-state index contributed by atoms with van der Waals surface area (Å²) in [6.45, 7) is 2.22.